The van der Waals surface area contributed by atoms with Gasteiger partial charge in [-0.2, -0.15) is 0 Å². The summed E-state index contributed by atoms with van der Waals surface area (Å²) in [6.45, 7) is 2.47. The Balaban J connectivity index is 2.34. The molecule has 0 saturated carbocycles. The largest absolute Gasteiger partial charge is 0.457 e. The average molecular weight is 371 g/mol. The van der Waals surface area contributed by atoms with E-state index in [1.807, 2.05) is 43.3 Å². The van der Waals surface area contributed by atoms with Crippen LogP contribution in [0.3, 0.4) is 0 Å². The highest BCUT2D eigenvalue weighted by Gasteiger charge is 2.07. The Morgan fingerprint density at radius 3 is 2.56 bits per heavy atom. The van der Waals surface area contributed by atoms with E-state index in [9.17, 15) is 0 Å². The first-order chi connectivity index (χ1) is 8.61. The Kier molecular flexibility index (Phi) is 4.43. The van der Waals surface area contributed by atoms with E-state index in [1.54, 1.807) is 0 Å². The van der Waals surface area contributed by atoms with Gasteiger partial charge in [0.1, 0.15) is 11.5 Å². The Hall–Kier alpha value is -0.840. The maximum Gasteiger partial charge on any atom is 0.133 e. The molecule has 0 fully saturated rings. The van der Waals surface area contributed by atoms with Gasteiger partial charge in [-0.1, -0.05) is 37.9 Å². The van der Waals surface area contributed by atoms with E-state index in [2.05, 4.69) is 31.9 Å². The molecule has 0 aromatic heterocycles. The fourth-order valence-electron chi connectivity index (χ4n) is 1.64. The fourth-order valence-corrected chi connectivity index (χ4v) is 2.40. The van der Waals surface area contributed by atoms with Crippen LogP contribution in [0.1, 0.15) is 11.1 Å². The van der Waals surface area contributed by atoms with Gasteiger partial charge in [0.25, 0.3) is 0 Å². The van der Waals surface area contributed by atoms with Gasteiger partial charge in [-0.05, 0) is 42.8 Å². The zero-order valence-corrected chi connectivity index (χ0v) is 13.1. The summed E-state index contributed by atoms with van der Waals surface area (Å²) < 4.78 is 7.93. The second-order valence-electron chi connectivity index (χ2n) is 3.93. The van der Waals surface area contributed by atoms with E-state index in [4.69, 9.17) is 10.5 Å². The molecule has 0 bridgehead atoms. The molecule has 2 aromatic rings. The van der Waals surface area contributed by atoms with Crippen molar-refractivity contribution in [2.75, 3.05) is 0 Å². The Morgan fingerprint density at radius 2 is 1.89 bits per heavy atom. The minimum absolute atomic E-state index is 0.437. The minimum Gasteiger partial charge on any atom is -0.457 e. The molecule has 0 radical (unpaired) electrons. The highest BCUT2D eigenvalue weighted by atomic mass is 79.9. The van der Waals surface area contributed by atoms with Gasteiger partial charge >= 0.3 is 0 Å². The highest BCUT2D eigenvalue weighted by molar-refractivity contribution is 9.10. The molecule has 0 atom stereocenters. The number of hydrogen-bond donors (Lipinski definition) is 1. The van der Waals surface area contributed by atoms with Crippen molar-refractivity contribution in [3.63, 3.8) is 0 Å². The molecule has 0 unspecified atom stereocenters. The summed E-state index contributed by atoms with van der Waals surface area (Å²) >= 11 is 6.95. The molecule has 2 aromatic carbocycles. The molecule has 94 valence electrons. The Labute approximate surface area is 123 Å². The van der Waals surface area contributed by atoms with E-state index in [0.717, 1.165) is 31.6 Å². The van der Waals surface area contributed by atoms with Crippen LogP contribution in [0.25, 0.3) is 0 Å². The van der Waals surface area contributed by atoms with Gasteiger partial charge in [-0.25, -0.2) is 0 Å². The van der Waals surface area contributed by atoms with Crippen molar-refractivity contribution >= 4 is 31.9 Å². The van der Waals surface area contributed by atoms with E-state index < -0.39 is 0 Å². The predicted octanol–water partition coefficient (Wildman–Crippen LogP) is 4.77. The first-order valence-electron chi connectivity index (χ1n) is 5.53. The lowest BCUT2D eigenvalue weighted by atomic mass is 10.2. The third kappa shape index (κ3) is 2.94. The van der Waals surface area contributed by atoms with Crippen molar-refractivity contribution in [3.8, 4) is 11.5 Å². The van der Waals surface area contributed by atoms with Crippen LogP contribution >= 0.6 is 31.9 Å². The molecular formula is C14H13Br2NO. The maximum atomic E-state index is 5.89. The average Bonchev–Trinajstić information content (AvgIpc) is 2.34. The fraction of sp³-hybridized carbons (Fsp3) is 0.143. The number of hydrogen-bond acceptors (Lipinski definition) is 2. The topological polar surface area (TPSA) is 35.2 Å². The second-order valence-corrected chi connectivity index (χ2v) is 5.64. The molecule has 0 aliphatic rings. The summed E-state index contributed by atoms with van der Waals surface area (Å²) in [7, 11) is 0. The Bertz CT molecular complexity index is 570. The number of ether oxygens (including phenoxy) is 1. The molecule has 4 heteroatoms. The van der Waals surface area contributed by atoms with Gasteiger partial charge < -0.3 is 10.5 Å². The van der Waals surface area contributed by atoms with Crippen LogP contribution in [0.4, 0.5) is 0 Å². The van der Waals surface area contributed by atoms with E-state index >= 15 is 0 Å². The third-order valence-electron chi connectivity index (χ3n) is 2.64. The zero-order valence-electron chi connectivity index (χ0n) is 9.91. The number of benzene rings is 2. The molecule has 0 aliphatic heterocycles. The number of halogens is 2. The van der Waals surface area contributed by atoms with Crippen LogP contribution < -0.4 is 10.5 Å². The molecule has 0 spiro atoms. The lowest BCUT2D eigenvalue weighted by Gasteiger charge is -2.12. The summed E-state index contributed by atoms with van der Waals surface area (Å²) in [5, 5.41) is 0. The zero-order chi connectivity index (χ0) is 13.1. The molecule has 2 N–H and O–H groups in total. The summed E-state index contributed by atoms with van der Waals surface area (Å²) in [4.78, 5) is 0. The van der Waals surface area contributed by atoms with Crippen LogP contribution in [-0.2, 0) is 6.54 Å². The normalized spacial score (nSPS) is 10.4. The second kappa shape index (κ2) is 5.87. The lowest BCUT2D eigenvalue weighted by molar-refractivity contribution is 0.475. The smallest absolute Gasteiger partial charge is 0.133 e. The van der Waals surface area contributed by atoms with Gasteiger partial charge in [-0.3, -0.25) is 0 Å². The van der Waals surface area contributed by atoms with Crippen molar-refractivity contribution in [2.45, 2.75) is 13.5 Å². The molecule has 0 heterocycles. The summed E-state index contributed by atoms with van der Waals surface area (Å²) in [5.41, 5.74) is 7.85. The van der Waals surface area contributed by atoms with Gasteiger partial charge in [0.15, 0.2) is 0 Å². The van der Waals surface area contributed by atoms with Crippen molar-refractivity contribution < 1.29 is 4.74 Å². The van der Waals surface area contributed by atoms with Crippen LogP contribution in [0.2, 0.25) is 0 Å². The minimum atomic E-state index is 0.437. The number of rotatable bonds is 3. The summed E-state index contributed by atoms with van der Waals surface area (Å²) in [5.74, 6) is 1.59. The summed E-state index contributed by atoms with van der Waals surface area (Å²) in [6, 6.07) is 11.7. The van der Waals surface area contributed by atoms with E-state index in [1.165, 1.54) is 0 Å². The standard InChI is InChI=1S/C14H13Br2NO/c1-9-7-10(5-6-12(9)15)18-14-4-2-3-13(16)11(14)8-17/h2-7H,8,17H2,1H3. The highest BCUT2D eigenvalue weighted by Crippen LogP contribution is 2.31. The predicted molar refractivity (Wildman–Crippen MR) is 81.0 cm³/mol. The lowest BCUT2D eigenvalue weighted by Crippen LogP contribution is -2.00. The van der Waals surface area contributed by atoms with Crippen LogP contribution in [-0.4, -0.2) is 0 Å². The number of nitrogens with two attached hydrogens (primary N) is 1. The third-order valence-corrected chi connectivity index (χ3v) is 4.27. The van der Waals surface area contributed by atoms with Crippen molar-refractivity contribution in [1.29, 1.82) is 0 Å². The molecule has 0 aliphatic carbocycles. The molecule has 18 heavy (non-hydrogen) atoms. The van der Waals surface area contributed by atoms with Gasteiger partial charge in [0.2, 0.25) is 0 Å². The molecule has 2 rings (SSSR count). The van der Waals surface area contributed by atoms with Crippen LogP contribution in [0.15, 0.2) is 45.3 Å². The van der Waals surface area contributed by atoms with Crippen LogP contribution in [0.5, 0.6) is 11.5 Å². The molecular weight excluding hydrogens is 358 g/mol. The molecule has 2 nitrogen and oxygen atoms in total. The summed E-state index contributed by atoms with van der Waals surface area (Å²) in [6.07, 6.45) is 0. The van der Waals surface area contributed by atoms with Crippen molar-refractivity contribution in [2.24, 2.45) is 5.73 Å². The van der Waals surface area contributed by atoms with Crippen LogP contribution in [0, 0.1) is 6.92 Å². The van der Waals surface area contributed by atoms with Gasteiger partial charge in [-0.15, -0.1) is 0 Å². The van der Waals surface area contributed by atoms with E-state index in [-0.39, 0.29) is 0 Å². The van der Waals surface area contributed by atoms with Crippen molar-refractivity contribution in [1.82, 2.24) is 0 Å². The van der Waals surface area contributed by atoms with Crippen molar-refractivity contribution in [3.05, 3.63) is 56.5 Å². The SMILES string of the molecule is Cc1cc(Oc2cccc(Br)c2CN)ccc1Br. The first-order valence-corrected chi connectivity index (χ1v) is 7.12. The quantitative estimate of drug-likeness (QED) is 0.844. The molecule has 0 amide bonds. The van der Waals surface area contributed by atoms with Gasteiger partial charge in [0, 0.05) is 21.1 Å². The molecule has 0 saturated heterocycles. The Morgan fingerprint density at radius 1 is 1.11 bits per heavy atom. The van der Waals surface area contributed by atoms with Gasteiger partial charge in [0.05, 0.1) is 0 Å². The number of aryl methyl sites for hydroxylation is 1. The maximum absolute atomic E-state index is 5.89. The van der Waals surface area contributed by atoms with E-state index in [0.29, 0.717) is 6.54 Å². The monoisotopic (exact) mass is 369 g/mol. The first kappa shape index (κ1) is 13.6.